The van der Waals surface area contributed by atoms with E-state index in [0.717, 1.165) is 11.6 Å². The maximum Gasteiger partial charge on any atom is 0.0412 e. The van der Waals surface area contributed by atoms with Gasteiger partial charge in [0.1, 0.15) is 0 Å². The van der Waals surface area contributed by atoms with E-state index >= 15 is 0 Å². The lowest BCUT2D eigenvalue weighted by Gasteiger charge is -2.31. The maximum absolute atomic E-state index is 6.12. The molecule has 0 aliphatic heterocycles. The van der Waals surface area contributed by atoms with Crippen molar-refractivity contribution in [2.75, 3.05) is 19.0 Å². The minimum atomic E-state index is 0.680. The molecule has 0 amide bonds. The lowest BCUT2D eigenvalue weighted by Crippen LogP contribution is -2.32. The average molecular weight is 281 g/mol. The molecule has 1 saturated carbocycles. The molecule has 2 rings (SSSR count). The Kier molecular flexibility index (Phi) is 5.53. The molecular formula is C16H25ClN2. The molecule has 1 aliphatic rings. The highest BCUT2D eigenvalue weighted by Crippen LogP contribution is 2.29. The Hall–Kier alpha value is -0.730. The van der Waals surface area contributed by atoms with Gasteiger partial charge in [0, 0.05) is 30.3 Å². The third kappa shape index (κ3) is 3.87. The summed E-state index contributed by atoms with van der Waals surface area (Å²) in [5, 5.41) is 4.06. The second-order valence-electron chi connectivity index (χ2n) is 5.56. The van der Waals surface area contributed by atoms with Crippen LogP contribution >= 0.6 is 11.6 Å². The Bertz CT molecular complexity index is 398. The van der Waals surface area contributed by atoms with Gasteiger partial charge >= 0.3 is 0 Å². The number of nitrogens with one attached hydrogen (secondary N) is 1. The van der Waals surface area contributed by atoms with E-state index in [-0.39, 0.29) is 0 Å². The Morgan fingerprint density at radius 2 is 1.89 bits per heavy atom. The molecular weight excluding hydrogens is 256 g/mol. The number of hydrogen-bond donors (Lipinski definition) is 1. The number of benzene rings is 1. The van der Waals surface area contributed by atoms with E-state index in [1.807, 2.05) is 13.1 Å². The quantitative estimate of drug-likeness (QED) is 0.831. The Balaban J connectivity index is 2.18. The van der Waals surface area contributed by atoms with Gasteiger partial charge in [-0.25, -0.2) is 0 Å². The van der Waals surface area contributed by atoms with Gasteiger partial charge in [-0.05, 0) is 43.7 Å². The lowest BCUT2D eigenvalue weighted by atomic mass is 10.0. The largest absolute Gasteiger partial charge is 0.371 e. The standard InChI is InChI=1S/C16H25ClN2/c1-18-12-13-11-14(17)9-10-16(13)19(2)15-7-5-3-4-6-8-15/h9-11,15,18H,3-8,12H2,1-2H3. The minimum absolute atomic E-state index is 0.680. The molecule has 1 aromatic rings. The third-order valence-electron chi connectivity index (χ3n) is 4.16. The van der Waals surface area contributed by atoms with E-state index in [0.29, 0.717) is 6.04 Å². The highest BCUT2D eigenvalue weighted by Gasteiger charge is 2.19. The fourth-order valence-electron chi connectivity index (χ4n) is 3.07. The zero-order valence-corrected chi connectivity index (χ0v) is 12.8. The molecule has 1 N–H and O–H groups in total. The van der Waals surface area contributed by atoms with Gasteiger partial charge in [0.25, 0.3) is 0 Å². The SMILES string of the molecule is CNCc1cc(Cl)ccc1N(C)C1CCCCCC1. The molecule has 1 aliphatic carbocycles. The van der Waals surface area contributed by atoms with Gasteiger partial charge < -0.3 is 10.2 Å². The Morgan fingerprint density at radius 3 is 2.53 bits per heavy atom. The van der Waals surface area contributed by atoms with Crippen LogP contribution in [0.5, 0.6) is 0 Å². The van der Waals surface area contributed by atoms with Crippen LogP contribution in [0.25, 0.3) is 0 Å². The van der Waals surface area contributed by atoms with Crippen molar-refractivity contribution >= 4 is 17.3 Å². The van der Waals surface area contributed by atoms with Crippen LogP contribution in [0.4, 0.5) is 5.69 Å². The van der Waals surface area contributed by atoms with Gasteiger partial charge in [-0.1, -0.05) is 37.3 Å². The van der Waals surface area contributed by atoms with Crippen LogP contribution in [-0.2, 0) is 6.54 Å². The van der Waals surface area contributed by atoms with Crippen molar-refractivity contribution in [3.05, 3.63) is 28.8 Å². The zero-order valence-electron chi connectivity index (χ0n) is 12.1. The summed E-state index contributed by atoms with van der Waals surface area (Å²) in [5.74, 6) is 0. The molecule has 0 bridgehead atoms. The molecule has 0 radical (unpaired) electrons. The number of rotatable bonds is 4. The monoisotopic (exact) mass is 280 g/mol. The fourth-order valence-corrected chi connectivity index (χ4v) is 3.27. The van der Waals surface area contributed by atoms with Crippen molar-refractivity contribution in [1.29, 1.82) is 0 Å². The minimum Gasteiger partial charge on any atom is -0.371 e. The number of hydrogen-bond acceptors (Lipinski definition) is 2. The summed E-state index contributed by atoms with van der Waals surface area (Å²) >= 11 is 6.12. The van der Waals surface area contributed by atoms with Gasteiger partial charge in [0.2, 0.25) is 0 Å². The fraction of sp³-hybridized carbons (Fsp3) is 0.625. The maximum atomic E-state index is 6.12. The van der Waals surface area contributed by atoms with Crippen LogP contribution < -0.4 is 10.2 Å². The van der Waals surface area contributed by atoms with Crippen molar-refractivity contribution in [3.63, 3.8) is 0 Å². The predicted octanol–water partition coefficient (Wildman–Crippen LogP) is 4.22. The third-order valence-corrected chi connectivity index (χ3v) is 4.40. The summed E-state index contributed by atoms with van der Waals surface area (Å²) in [5.41, 5.74) is 2.62. The van der Waals surface area contributed by atoms with E-state index in [2.05, 4.69) is 29.4 Å². The molecule has 3 heteroatoms. The van der Waals surface area contributed by atoms with Crippen molar-refractivity contribution < 1.29 is 0 Å². The van der Waals surface area contributed by atoms with Gasteiger partial charge in [-0.3, -0.25) is 0 Å². The molecule has 0 unspecified atom stereocenters. The van der Waals surface area contributed by atoms with Crippen LogP contribution in [0, 0.1) is 0 Å². The van der Waals surface area contributed by atoms with E-state index in [1.165, 1.54) is 49.8 Å². The molecule has 0 atom stereocenters. The molecule has 0 spiro atoms. The summed E-state index contributed by atoms with van der Waals surface area (Å²) < 4.78 is 0. The zero-order chi connectivity index (χ0) is 13.7. The first-order chi connectivity index (χ1) is 9.22. The first-order valence-corrected chi connectivity index (χ1v) is 7.76. The molecule has 19 heavy (non-hydrogen) atoms. The van der Waals surface area contributed by atoms with E-state index < -0.39 is 0 Å². The summed E-state index contributed by atoms with van der Waals surface area (Å²) in [4.78, 5) is 2.47. The van der Waals surface area contributed by atoms with Crippen molar-refractivity contribution in [2.45, 2.75) is 51.1 Å². The van der Waals surface area contributed by atoms with Gasteiger partial charge in [0.05, 0.1) is 0 Å². The molecule has 0 aromatic heterocycles. The molecule has 0 saturated heterocycles. The van der Waals surface area contributed by atoms with Gasteiger partial charge in [-0.2, -0.15) is 0 Å². The summed E-state index contributed by atoms with van der Waals surface area (Å²) in [6, 6.07) is 6.93. The molecule has 2 nitrogen and oxygen atoms in total. The van der Waals surface area contributed by atoms with Crippen LogP contribution in [0.15, 0.2) is 18.2 Å². The lowest BCUT2D eigenvalue weighted by molar-refractivity contribution is 0.551. The summed E-state index contributed by atoms with van der Waals surface area (Å²) in [7, 11) is 4.22. The molecule has 1 fully saturated rings. The summed E-state index contributed by atoms with van der Waals surface area (Å²) in [6.07, 6.45) is 8.16. The first-order valence-electron chi connectivity index (χ1n) is 7.38. The number of nitrogens with zero attached hydrogens (tertiary/aromatic N) is 1. The number of halogens is 1. The van der Waals surface area contributed by atoms with Crippen LogP contribution in [-0.4, -0.2) is 20.1 Å². The van der Waals surface area contributed by atoms with E-state index in [1.54, 1.807) is 0 Å². The Labute approximate surface area is 122 Å². The van der Waals surface area contributed by atoms with Crippen molar-refractivity contribution in [3.8, 4) is 0 Å². The summed E-state index contributed by atoms with van der Waals surface area (Å²) in [6.45, 7) is 0.868. The van der Waals surface area contributed by atoms with Crippen LogP contribution in [0.2, 0.25) is 5.02 Å². The smallest absolute Gasteiger partial charge is 0.0412 e. The normalized spacial score (nSPS) is 17.2. The second-order valence-corrected chi connectivity index (χ2v) is 6.00. The van der Waals surface area contributed by atoms with Crippen molar-refractivity contribution in [1.82, 2.24) is 5.32 Å². The Morgan fingerprint density at radius 1 is 1.21 bits per heavy atom. The van der Waals surface area contributed by atoms with Gasteiger partial charge in [-0.15, -0.1) is 0 Å². The highest BCUT2D eigenvalue weighted by molar-refractivity contribution is 6.30. The van der Waals surface area contributed by atoms with Crippen LogP contribution in [0.3, 0.4) is 0 Å². The average Bonchev–Trinajstić information content (AvgIpc) is 2.67. The van der Waals surface area contributed by atoms with E-state index in [9.17, 15) is 0 Å². The van der Waals surface area contributed by atoms with E-state index in [4.69, 9.17) is 11.6 Å². The predicted molar refractivity (Wildman–Crippen MR) is 84.1 cm³/mol. The van der Waals surface area contributed by atoms with Crippen molar-refractivity contribution in [2.24, 2.45) is 0 Å². The first kappa shape index (κ1) is 14.7. The molecule has 1 aromatic carbocycles. The molecule has 106 valence electrons. The van der Waals surface area contributed by atoms with Crippen LogP contribution in [0.1, 0.15) is 44.1 Å². The molecule has 0 heterocycles. The number of anilines is 1. The topological polar surface area (TPSA) is 15.3 Å². The second kappa shape index (κ2) is 7.16. The highest BCUT2D eigenvalue weighted by atomic mass is 35.5. The van der Waals surface area contributed by atoms with Gasteiger partial charge in [0.15, 0.2) is 0 Å².